The highest BCUT2D eigenvalue weighted by Gasteiger charge is 2.37. The van der Waals surface area contributed by atoms with Crippen LogP contribution < -0.4 is 10.2 Å². The summed E-state index contributed by atoms with van der Waals surface area (Å²) in [6.07, 6.45) is -1.14. The third-order valence-corrected chi connectivity index (χ3v) is 3.70. The fourth-order valence-corrected chi connectivity index (χ4v) is 2.63. The van der Waals surface area contributed by atoms with Crippen LogP contribution in [0.3, 0.4) is 0 Å². The summed E-state index contributed by atoms with van der Waals surface area (Å²) >= 11 is 3.04. The number of nitrogens with zero attached hydrogens (tertiary/aromatic N) is 2. The summed E-state index contributed by atoms with van der Waals surface area (Å²) in [4.78, 5) is 5.68. The van der Waals surface area contributed by atoms with Crippen molar-refractivity contribution in [3.05, 3.63) is 22.3 Å². The van der Waals surface area contributed by atoms with Gasteiger partial charge in [-0.2, -0.15) is 13.2 Å². The molecule has 19 heavy (non-hydrogen) atoms. The van der Waals surface area contributed by atoms with Crippen LogP contribution in [0.25, 0.3) is 0 Å². The lowest BCUT2D eigenvalue weighted by Crippen LogP contribution is -2.45. The molecule has 7 heteroatoms. The Morgan fingerprint density at radius 1 is 1.47 bits per heavy atom. The molecular weight excluding hydrogens is 323 g/mol. The lowest BCUT2D eigenvalue weighted by molar-refractivity contribution is -0.137. The number of anilines is 1. The molecular formula is C12H15BrF3N3. The number of likely N-dealkylation sites (N-methyl/N-ethyl adjacent to an activating group) is 1. The number of nitrogens with one attached hydrogen (secondary N) is 1. The van der Waals surface area contributed by atoms with Crippen molar-refractivity contribution in [2.24, 2.45) is 0 Å². The van der Waals surface area contributed by atoms with Crippen molar-refractivity contribution < 1.29 is 13.2 Å². The Kier molecular flexibility index (Phi) is 4.35. The van der Waals surface area contributed by atoms with Gasteiger partial charge in [0.05, 0.1) is 5.56 Å². The maximum absolute atomic E-state index is 13.1. The van der Waals surface area contributed by atoms with Gasteiger partial charge < -0.3 is 10.2 Å². The first-order valence-electron chi connectivity index (χ1n) is 6.06. The highest BCUT2D eigenvalue weighted by molar-refractivity contribution is 9.10. The molecule has 1 saturated heterocycles. The van der Waals surface area contributed by atoms with Crippen molar-refractivity contribution in [2.75, 3.05) is 25.0 Å². The molecule has 0 saturated carbocycles. The summed E-state index contributed by atoms with van der Waals surface area (Å²) in [7, 11) is 1.83. The Balaban J connectivity index is 2.33. The summed E-state index contributed by atoms with van der Waals surface area (Å²) < 4.78 is 39.5. The summed E-state index contributed by atoms with van der Waals surface area (Å²) in [5.41, 5.74) is -0.682. The SMILES string of the molecule is CNC1CCCN(c2ncc(Br)cc2C(F)(F)F)C1. The zero-order valence-electron chi connectivity index (χ0n) is 10.5. The lowest BCUT2D eigenvalue weighted by Gasteiger charge is -2.34. The monoisotopic (exact) mass is 337 g/mol. The first-order valence-corrected chi connectivity index (χ1v) is 6.86. The van der Waals surface area contributed by atoms with Crippen LogP contribution >= 0.6 is 15.9 Å². The summed E-state index contributed by atoms with van der Waals surface area (Å²) in [6.45, 7) is 1.16. The molecule has 0 aromatic carbocycles. The molecule has 0 amide bonds. The highest BCUT2D eigenvalue weighted by Crippen LogP contribution is 2.37. The standard InChI is InChI=1S/C12H15BrF3N3/c1-17-9-3-2-4-19(7-9)11-10(12(14,15)16)5-8(13)6-18-11/h5-6,9,17H,2-4,7H2,1H3. The lowest BCUT2D eigenvalue weighted by atomic mass is 10.1. The Hall–Kier alpha value is -0.820. The molecule has 106 valence electrons. The summed E-state index contributed by atoms with van der Waals surface area (Å²) in [5.74, 6) is 0.0238. The predicted molar refractivity (Wildman–Crippen MR) is 71.2 cm³/mol. The van der Waals surface area contributed by atoms with Crippen LogP contribution in [-0.2, 0) is 6.18 Å². The number of pyridine rings is 1. The number of rotatable bonds is 2. The molecule has 3 nitrogen and oxygen atoms in total. The smallest absolute Gasteiger partial charge is 0.355 e. The number of halogens is 4. The van der Waals surface area contributed by atoms with Crippen molar-refractivity contribution in [3.8, 4) is 0 Å². The minimum absolute atomic E-state index is 0.0238. The van der Waals surface area contributed by atoms with E-state index in [0.29, 0.717) is 17.6 Å². The van der Waals surface area contributed by atoms with Crippen molar-refractivity contribution in [3.63, 3.8) is 0 Å². The minimum atomic E-state index is -4.39. The van der Waals surface area contributed by atoms with E-state index >= 15 is 0 Å². The maximum atomic E-state index is 13.1. The molecule has 0 bridgehead atoms. The predicted octanol–water partition coefficient (Wildman–Crippen LogP) is 3.05. The molecule has 1 aromatic rings. The Morgan fingerprint density at radius 2 is 2.21 bits per heavy atom. The van der Waals surface area contributed by atoms with Gasteiger partial charge in [-0.3, -0.25) is 0 Å². The van der Waals surface area contributed by atoms with Crippen LogP contribution in [0.15, 0.2) is 16.7 Å². The van der Waals surface area contributed by atoms with Gasteiger partial charge >= 0.3 is 6.18 Å². The third-order valence-electron chi connectivity index (χ3n) is 3.27. The van der Waals surface area contributed by atoms with E-state index in [1.165, 1.54) is 6.20 Å². The van der Waals surface area contributed by atoms with Crippen molar-refractivity contribution in [1.82, 2.24) is 10.3 Å². The molecule has 1 fully saturated rings. The van der Waals surface area contributed by atoms with E-state index in [1.54, 1.807) is 4.90 Å². The maximum Gasteiger partial charge on any atom is 0.419 e. The fourth-order valence-electron chi connectivity index (χ4n) is 2.30. The highest BCUT2D eigenvalue weighted by atomic mass is 79.9. The molecule has 1 unspecified atom stereocenters. The first kappa shape index (κ1) is 14.6. The van der Waals surface area contributed by atoms with Crippen LogP contribution in [0, 0.1) is 0 Å². The zero-order valence-corrected chi connectivity index (χ0v) is 12.1. The van der Waals surface area contributed by atoms with Gasteiger partial charge in [0.25, 0.3) is 0 Å². The molecule has 1 atom stereocenters. The Morgan fingerprint density at radius 3 is 2.84 bits per heavy atom. The molecule has 1 aliphatic rings. The van der Waals surface area contributed by atoms with Gasteiger partial charge in [-0.05, 0) is 41.9 Å². The van der Waals surface area contributed by atoms with Crippen molar-refractivity contribution in [1.29, 1.82) is 0 Å². The number of alkyl halides is 3. The van der Waals surface area contributed by atoms with Crippen LogP contribution in [-0.4, -0.2) is 31.2 Å². The van der Waals surface area contributed by atoms with Gasteiger partial charge in [0, 0.05) is 29.8 Å². The van der Waals surface area contributed by atoms with Gasteiger partial charge in [-0.25, -0.2) is 4.98 Å². The van der Waals surface area contributed by atoms with Crippen LogP contribution in [0.1, 0.15) is 18.4 Å². The number of hydrogen-bond donors (Lipinski definition) is 1. The van der Waals surface area contributed by atoms with E-state index < -0.39 is 11.7 Å². The van der Waals surface area contributed by atoms with E-state index in [-0.39, 0.29) is 11.9 Å². The Bertz CT molecular complexity index is 450. The van der Waals surface area contributed by atoms with Gasteiger partial charge in [-0.1, -0.05) is 0 Å². The zero-order chi connectivity index (χ0) is 14.0. The number of aromatic nitrogens is 1. The molecule has 1 N–H and O–H groups in total. The third kappa shape index (κ3) is 3.39. The fraction of sp³-hybridized carbons (Fsp3) is 0.583. The molecule has 1 aromatic heterocycles. The van der Waals surface area contributed by atoms with Crippen LogP contribution in [0.5, 0.6) is 0 Å². The summed E-state index contributed by atoms with van der Waals surface area (Å²) in [5, 5.41) is 3.11. The van der Waals surface area contributed by atoms with Gasteiger partial charge in [0.1, 0.15) is 5.82 Å². The van der Waals surface area contributed by atoms with E-state index in [0.717, 1.165) is 18.9 Å². The topological polar surface area (TPSA) is 28.2 Å². The van der Waals surface area contributed by atoms with E-state index in [4.69, 9.17) is 0 Å². The molecule has 2 rings (SSSR count). The van der Waals surface area contributed by atoms with E-state index in [2.05, 4.69) is 26.2 Å². The van der Waals surface area contributed by atoms with Crippen LogP contribution in [0.2, 0.25) is 0 Å². The minimum Gasteiger partial charge on any atom is -0.355 e. The number of piperidine rings is 1. The van der Waals surface area contributed by atoms with E-state index in [9.17, 15) is 13.2 Å². The molecule has 1 aliphatic heterocycles. The second-order valence-corrected chi connectivity index (χ2v) is 5.51. The van der Waals surface area contributed by atoms with Crippen molar-refractivity contribution >= 4 is 21.7 Å². The van der Waals surface area contributed by atoms with Crippen LogP contribution in [0.4, 0.5) is 19.0 Å². The average Bonchev–Trinajstić information content (AvgIpc) is 2.37. The van der Waals surface area contributed by atoms with Crippen molar-refractivity contribution in [2.45, 2.75) is 25.1 Å². The normalized spacial score (nSPS) is 20.7. The molecule has 0 aliphatic carbocycles. The second kappa shape index (κ2) is 5.66. The quantitative estimate of drug-likeness (QED) is 0.898. The number of hydrogen-bond acceptors (Lipinski definition) is 3. The second-order valence-electron chi connectivity index (χ2n) is 4.60. The largest absolute Gasteiger partial charge is 0.419 e. The Labute approximate surface area is 118 Å². The first-order chi connectivity index (χ1) is 8.91. The molecule has 2 heterocycles. The van der Waals surface area contributed by atoms with Gasteiger partial charge in [0.2, 0.25) is 0 Å². The van der Waals surface area contributed by atoms with Gasteiger partial charge in [-0.15, -0.1) is 0 Å². The molecule has 0 spiro atoms. The van der Waals surface area contributed by atoms with Gasteiger partial charge in [0.15, 0.2) is 0 Å². The molecule has 0 radical (unpaired) electrons. The average molecular weight is 338 g/mol. The summed E-state index contributed by atoms with van der Waals surface area (Å²) in [6, 6.07) is 1.30. The van der Waals surface area contributed by atoms with E-state index in [1.807, 2.05) is 7.05 Å².